The molecular formula is C20H20N4O2. The number of carbonyl (C=O) groups excluding carboxylic acids is 1. The van der Waals surface area contributed by atoms with Crippen LogP contribution in [0.3, 0.4) is 0 Å². The van der Waals surface area contributed by atoms with E-state index in [0.717, 1.165) is 22.5 Å². The lowest BCUT2D eigenvalue weighted by Gasteiger charge is -2.31. The molecule has 0 saturated carbocycles. The number of allylic oxidation sites excluding steroid dienone is 3. The molecule has 0 spiro atoms. The summed E-state index contributed by atoms with van der Waals surface area (Å²) < 4.78 is 0. The summed E-state index contributed by atoms with van der Waals surface area (Å²) in [4.78, 5) is 19.6. The third-order valence-corrected chi connectivity index (χ3v) is 5.16. The maximum Gasteiger partial charge on any atom is 0.204 e. The molecule has 26 heavy (non-hydrogen) atoms. The molecule has 0 aromatic heterocycles. The smallest absolute Gasteiger partial charge is 0.204 e. The summed E-state index contributed by atoms with van der Waals surface area (Å²) in [5, 5.41) is 21.4. The van der Waals surface area contributed by atoms with E-state index in [0.29, 0.717) is 30.1 Å². The van der Waals surface area contributed by atoms with Crippen molar-refractivity contribution in [2.45, 2.75) is 25.9 Å². The summed E-state index contributed by atoms with van der Waals surface area (Å²) in [7, 11) is 0. The molecule has 1 fully saturated rings. The van der Waals surface area contributed by atoms with Crippen LogP contribution < -0.4 is 5.32 Å². The molecule has 1 atom stereocenters. The highest BCUT2D eigenvalue weighted by Crippen LogP contribution is 2.40. The van der Waals surface area contributed by atoms with Crippen LogP contribution >= 0.6 is 0 Å². The van der Waals surface area contributed by atoms with E-state index in [1.807, 2.05) is 43.0 Å². The van der Waals surface area contributed by atoms with Crippen molar-refractivity contribution in [3.05, 3.63) is 64.6 Å². The molecule has 6 nitrogen and oxygen atoms in total. The number of amidine groups is 1. The quantitative estimate of drug-likeness (QED) is 0.717. The van der Waals surface area contributed by atoms with Gasteiger partial charge in [0.1, 0.15) is 5.84 Å². The largest absolute Gasteiger partial charge is 0.374 e. The molecular weight excluding hydrogens is 328 g/mol. The highest BCUT2D eigenvalue weighted by Gasteiger charge is 2.52. The summed E-state index contributed by atoms with van der Waals surface area (Å²) in [6, 6.07) is 3.72. The van der Waals surface area contributed by atoms with Crippen LogP contribution in [0.25, 0.3) is 0 Å². The van der Waals surface area contributed by atoms with Crippen molar-refractivity contribution < 1.29 is 9.90 Å². The number of nitrogens with zero attached hydrogens (tertiary/aromatic N) is 2. The third-order valence-electron chi connectivity index (χ3n) is 5.16. The summed E-state index contributed by atoms with van der Waals surface area (Å²) in [6.45, 7) is 4.44. The minimum absolute atomic E-state index is 0.281. The fourth-order valence-electron chi connectivity index (χ4n) is 3.57. The number of likely N-dealkylation sites (tertiary alicyclic amines) is 1. The van der Waals surface area contributed by atoms with Crippen molar-refractivity contribution in [3.63, 3.8) is 0 Å². The molecule has 3 heterocycles. The highest BCUT2D eigenvalue weighted by molar-refractivity contribution is 6.24. The van der Waals surface area contributed by atoms with E-state index in [4.69, 9.17) is 5.41 Å². The molecule has 0 bridgehead atoms. The summed E-state index contributed by atoms with van der Waals surface area (Å²) >= 11 is 0. The number of nitrogens with one attached hydrogen (secondary N) is 2. The minimum Gasteiger partial charge on any atom is -0.374 e. The summed E-state index contributed by atoms with van der Waals surface area (Å²) in [5.41, 5.74) is 3.18. The van der Waals surface area contributed by atoms with Gasteiger partial charge in [0.25, 0.3) is 0 Å². The number of dihydropyridines is 1. The van der Waals surface area contributed by atoms with Crippen molar-refractivity contribution in [2.24, 2.45) is 4.99 Å². The normalized spacial score (nSPS) is 25.4. The van der Waals surface area contributed by atoms with E-state index in [9.17, 15) is 9.90 Å². The SMILES string of the molecule is Cc1cc2c(cc1C)C(=O)[C@]1(O)CCN(C3=C/C(=C/C=N)NC=C3)C1=N2. The first-order valence-electron chi connectivity index (χ1n) is 8.55. The molecule has 4 rings (SSSR count). The molecule has 3 aliphatic rings. The van der Waals surface area contributed by atoms with Crippen LogP contribution in [0.2, 0.25) is 0 Å². The zero-order valence-electron chi connectivity index (χ0n) is 14.7. The van der Waals surface area contributed by atoms with E-state index in [1.54, 1.807) is 12.3 Å². The number of ketones is 1. The Kier molecular flexibility index (Phi) is 3.66. The molecule has 1 saturated heterocycles. The van der Waals surface area contributed by atoms with Crippen LogP contribution in [0.5, 0.6) is 0 Å². The lowest BCUT2D eigenvalue weighted by Crippen LogP contribution is -2.48. The first-order chi connectivity index (χ1) is 12.4. The van der Waals surface area contributed by atoms with Crippen LogP contribution in [0.4, 0.5) is 5.69 Å². The molecule has 1 aromatic rings. The Morgan fingerprint density at radius 2 is 2.12 bits per heavy atom. The van der Waals surface area contributed by atoms with Gasteiger partial charge in [-0.1, -0.05) is 0 Å². The second-order valence-electron chi connectivity index (χ2n) is 6.82. The Bertz CT molecular complexity index is 955. The van der Waals surface area contributed by atoms with Crippen LogP contribution in [-0.4, -0.2) is 40.0 Å². The molecule has 3 N–H and O–H groups in total. The van der Waals surface area contributed by atoms with Crippen molar-refractivity contribution in [1.29, 1.82) is 5.41 Å². The van der Waals surface area contributed by atoms with Gasteiger partial charge in [-0.05, 0) is 55.3 Å². The monoisotopic (exact) mass is 348 g/mol. The maximum atomic E-state index is 13.0. The summed E-state index contributed by atoms with van der Waals surface area (Å²) in [5.74, 6) is 0.0992. The number of hydrogen-bond donors (Lipinski definition) is 3. The fourth-order valence-corrected chi connectivity index (χ4v) is 3.57. The standard InChI is InChI=1S/C20H20N4O2/c1-12-9-16-17(10-13(12)2)23-19-20(26,18(16)25)5-8-24(19)15-4-7-22-14(11-15)3-6-21/h3-4,6-7,9-11,21-22,26H,5,8H2,1-2H3/b14-3-,21-6?/t20-/m1/s1. The Morgan fingerprint density at radius 3 is 2.88 bits per heavy atom. The molecule has 3 aliphatic heterocycles. The maximum absolute atomic E-state index is 13.0. The van der Waals surface area contributed by atoms with Crippen LogP contribution in [0.15, 0.2) is 52.9 Å². The van der Waals surface area contributed by atoms with Crippen LogP contribution in [0.1, 0.15) is 27.9 Å². The van der Waals surface area contributed by atoms with Crippen LogP contribution in [0, 0.1) is 19.3 Å². The van der Waals surface area contributed by atoms with Crippen molar-refractivity contribution in [1.82, 2.24) is 10.2 Å². The zero-order valence-corrected chi connectivity index (χ0v) is 14.7. The van der Waals surface area contributed by atoms with Crippen molar-refractivity contribution in [3.8, 4) is 0 Å². The van der Waals surface area contributed by atoms with E-state index >= 15 is 0 Å². The fraction of sp³-hybridized carbons (Fsp3) is 0.250. The van der Waals surface area contributed by atoms with E-state index in [1.165, 1.54) is 6.21 Å². The Balaban J connectivity index is 1.82. The van der Waals surface area contributed by atoms with Gasteiger partial charge in [-0.3, -0.25) is 4.79 Å². The second-order valence-corrected chi connectivity index (χ2v) is 6.82. The molecule has 0 unspecified atom stereocenters. The van der Waals surface area contributed by atoms with Gasteiger partial charge in [0, 0.05) is 42.3 Å². The number of aryl methyl sites for hydroxylation is 2. The molecule has 0 aliphatic carbocycles. The Labute approximate surface area is 151 Å². The first-order valence-corrected chi connectivity index (χ1v) is 8.55. The average Bonchev–Trinajstić information content (AvgIpc) is 2.96. The number of Topliss-reactive ketones (excluding diaryl/α,β-unsaturated/α-hetero) is 1. The van der Waals surface area contributed by atoms with Gasteiger partial charge < -0.3 is 20.7 Å². The number of carbonyl (C=O) groups is 1. The number of aliphatic hydroxyl groups is 1. The number of rotatable bonds is 2. The minimum atomic E-state index is -1.58. The van der Waals surface area contributed by atoms with Gasteiger partial charge >= 0.3 is 0 Å². The van der Waals surface area contributed by atoms with Crippen molar-refractivity contribution in [2.75, 3.05) is 6.54 Å². The van der Waals surface area contributed by atoms with Gasteiger partial charge in [-0.15, -0.1) is 0 Å². The summed E-state index contributed by atoms with van der Waals surface area (Å²) in [6.07, 6.45) is 8.67. The van der Waals surface area contributed by atoms with Gasteiger partial charge in [0.2, 0.25) is 5.78 Å². The lowest BCUT2D eigenvalue weighted by atomic mass is 9.86. The molecule has 6 heteroatoms. The van der Waals surface area contributed by atoms with Crippen molar-refractivity contribution >= 4 is 23.5 Å². The molecule has 1 aromatic carbocycles. The third kappa shape index (κ3) is 2.34. The predicted octanol–water partition coefficient (Wildman–Crippen LogP) is 2.50. The van der Waals surface area contributed by atoms with E-state index in [-0.39, 0.29) is 5.78 Å². The van der Waals surface area contributed by atoms with Gasteiger partial charge in [-0.25, -0.2) is 4.99 Å². The predicted molar refractivity (Wildman–Crippen MR) is 101 cm³/mol. The van der Waals surface area contributed by atoms with Gasteiger partial charge in [0.15, 0.2) is 5.60 Å². The zero-order chi connectivity index (χ0) is 18.5. The van der Waals surface area contributed by atoms with E-state index in [2.05, 4.69) is 10.3 Å². The second kappa shape index (κ2) is 5.78. The van der Waals surface area contributed by atoms with Crippen LogP contribution in [-0.2, 0) is 0 Å². The number of fused-ring (bicyclic) bond motifs is 2. The van der Waals surface area contributed by atoms with Gasteiger partial charge in [-0.2, -0.15) is 0 Å². The molecule has 0 amide bonds. The molecule has 0 radical (unpaired) electrons. The number of benzene rings is 1. The van der Waals surface area contributed by atoms with Gasteiger partial charge in [0.05, 0.1) is 5.69 Å². The average molecular weight is 348 g/mol. The Morgan fingerprint density at radius 1 is 1.35 bits per heavy atom. The lowest BCUT2D eigenvalue weighted by molar-refractivity contribution is 0.0601. The number of hydrogen-bond acceptors (Lipinski definition) is 6. The number of aliphatic imine (C=N–C) groups is 1. The van der Waals surface area contributed by atoms with E-state index < -0.39 is 5.60 Å². The Hall–Kier alpha value is -2.99. The highest BCUT2D eigenvalue weighted by atomic mass is 16.3. The molecule has 132 valence electrons. The first kappa shape index (κ1) is 16.5. The topological polar surface area (TPSA) is 88.8 Å².